The maximum absolute atomic E-state index is 10.5. The second-order valence-corrected chi connectivity index (χ2v) is 2.58. The van der Waals surface area contributed by atoms with E-state index < -0.39 is 12.1 Å². The van der Waals surface area contributed by atoms with Gasteiger partial charge in [-0.2, -0.15) is 5.26 Å². The summed E-state index contributed by atoms with van der Waals surface area (Å²) < 4.78 is 4.27. The van der Waals surface area contributed by atoms with Gasteiger partial charge in [0.2, 0.25) is 0 Å². The first-order valence-electron chi connectivity index (χ1n) is 3.87. The van der Waals surface area contributed by atoms with E-state index >= 15 is 0 Å². The first-order chi connectivity index (χ1) is 6.36. The summed E-state index contributed by atoms with van der Waals surface area (Å²) in [6.45, 7) is 9.74. The number of nitriles is 1. The van der Waals surface area contributed by atoms with Gasteiger partial charge in [-0.1, -0.05) is 13.2 Å². The van der Waals surface area contributed by atoms with Gasteiger partial charge < -0.3 is 9.84 Å². The summed E-state index contributed by atoms with van der Waals surface area (Å²) in [5.41, 5.74) is 0.641. The zero-order valence-electron chi connectivity index (χ0n) is 8.70. The largest absolute Gasteiger partial charge is 0.466 e. The lowest BCUT2D eigenvalue weighted by atomic mass is 10.2. The quantitative estimate of drug-likeness (QED) is 0.410. The van der Waals surface area contributed by atoms with E-state index in [1.807, 2.05) is 6.07 Å². The molecule has 0 heterocycles. The van der Waals surface area contributed by atoms with E-state index in [9.17, 15) is 4.79 Å². The van der Waals surface area contributed by atoms with E-state index in [0.29, 0.717) is 5.57 Å². The fourth-order valence-electron chi connectivity index (χ4n) is 0.302. The molecule has 0 saturated heterocycles. The molecule has 14 heavy (non-hydrogen) atoms. The Bertz CT molecular complexity index is 261. The van der Waals surface area contributed by atoms with Crippen LogP contribution in [0.4, 0.5) is 0 Å². The molecule has 0 aliphatic heterocycles. The number of esters is 1. The molecule has 0 aromatic heterocycles. The third-order valence-electron chi connectivity index (χ3n) is 1.14. The summed E-state index contributed by atoms with van der Waals surface area (Å²) in [6.07, 6.45) is -0.822. The van der Waals surface area contributed by atoms with Crippen molar-refractivity contribution < 1.29 is 14.6 Å². The third-order valence-corrected chi connectivity index (χ3v) is 1.14. The van der Waals surface area contributed by atoms with Crippen LogP contribution >= 0.6 is 0 Å². The van der Waals surface area contributed by atoms with Crippen LogP contribution in [0.5, 0.6) is 0 Å². The summed E-state index contributed by atoms with van der Waals surface area (Å²) in [5, 5.41) is 16.5. The van der Waals surface area contributed by atoms with Crippen molar-refractivity contribution in [3.8, 4) is 6.07 Å². The molecule has 0 aliphatic carbocycles. The molecule has 0 saturated carbocycles. The van der Waals surface area contributed by atoms with Crippen molar-refractivity contribution in [2.24, 2.45) is 0 Å². The Kier molecular flexibility index (Phi) is 8.53. The molecule has 1 unspecified atom stereocenters. The van der Waals surface area contributed by atoms with E-state index in [0.717, 1.165) is 0 Å². The second kappa shape index (κ2) is 8.02. The lowest BCUT2D eigenvalue weighted by Gasteiger charge is -2.03. The number of hydrogen-bond donors (Lipinski definition) is 1. The molecule has 0 amide bonds. The van der Waals surface area contributed by atoms with Crippen LogP contribution in [-0.2, 0) is 9.53 Å². The minimum atomic E-state index is -0.822. The highest BCUT2D eigenvalue weighted by Crippen LogP contribution is 1.98. The van der Waals surface area contributed by atoms with Crippen LogP contribution < -0.4 is 0 Å². The van der Waals surface area contributed by atoms with Crippen molar-refractivity contribution in [1.82, 2.24) is 0 Å². The van der Waals surface area contributed by atoms with E-state index in [1.54, 1.807) is 6.92 Å². The van der Waals surface area contributed by atoms with E-state index in [1.165, 1.54) is 14.0 Å². The van der Waals surface area contributed by atoms with Crippen LogP contribution in [0.1, 0.15) is 13.8 Å². The summed E-state index contributed by atoms with van der Waals surface area (Å²) in [6, 6.07) is 1.83. The van der Waals surface area contributed by atoms with Gasteiger partial charge in [-0.25, -0.2) is 4.79 Å². The van der Waals surface area contributed by atoms with Crippen LogP contribution in [0.2, 0.25) is 0 Å². The second-order valence-electron chi connectivity index (χ2n) is 2.58. The van der Waals surface area contributed by atoms with Gasteiger partial charge in [0.15, 0.2) is 0 Å². The average molecular weight is 197 g/mol. The van der Waals surface area contributed by atoms with Crippen molar-refractivity contribution in [3.63, 3.8) is 0 Å². The van der Waals surface area contributed by atoms with E-state index in [-0.39, 0.29) is 5.57 Å². The number of ether oxygens (including phenoxy) is 1. The van der Waals surface area contributed by atoms with Crippen molar-refractivity contribution in [2.45, 2.75) is 20.0 Å². The fourth-order valence-corrected chi connectivity index (χ4v) is 0.302. The predicted octanol–water partition coefficient (Wildman–Crippen LogP) is 1.18. The number of carbonyl (C=O) groups excluding carboxylic acids is 1. The molecule has 1 N–H and O–H groups in total. The summed E-state index contributed by atoms with van der Waals surface area (Å²) in [4.78, 5) is 10.5. The normalized spacial score (nSPS) is 9.93. The first kappa shape index (κ1) is 14.9. The molecular weight excluding hydrogens is 182 g/mol. The van der Waals surface area contributed by atoms with Gasteiger partial charge in [-0.15, -0.1) is 0 Å². The Morgan fingerprint density at radius 1 is 1.57 bits per heavy atom. The van der Waals surface area contributed by atoms with Gasteiger partial charge in [0.1, 0.15) is 0 Å². The Labute approximate surface area is 84.1 Å². The highest BCUT2D eigenvalue weighted by molar-refractivity contribution is 5.88. The molecule has 4 nitrogen and oxygen atoms in total. The number of aliphatic hydroxyl groups excluding tert-OH is 1. The van der Waals surface area contributed by atoms with Gasteiger partial charge in [-0.05, 0) is 13.8 Å². The van der Waals surface area contributed by atoms with Crippen LogP contribution in [-0.4, -0.2) is 24.3 Å². The topological polar surface area (TPSA) is 70.3 Å². The van der Waals surface area contributed by atoms with Gasteiger partial charge in [-0.3, -0.25) is 0 Å². The molecule has 0 bridgehead atoms. The lowest BCUT2D eigenvalue weighted by molar-refractivity contribution is -0.137. The number of carbonyl (C=O) groups is 1. The molecule has 0 aromatic carbocycles. The number of hydrogen-bond acceptors (Lipinski definition) is 4. The first-order valence-corrected chi connectivity index (χ1v) is 3.87. The zero-order valence-corrected chi connectivity index (χ0v) is 8.70. The van der Waals surface area contributed by atoms with Crippen LogP contribution in [0.25, 0.3) is 0 Å². The van der Waals surface area contributed by atoms with Crippen LogP contribution in [0, 0.1) is 11.3 Å². The minimum absolute atomic E-state index is 0.0810. The summed E-state index contributed by atoms with van der Waals surface area (Å²) >= 11 is 0. The molecule has 0 aliphatic rings. The Morgan fingerprint density at radius 2 is 1.93 bits per heavy atom. The number of rotatable bonds is 2. The lowest BCUT2D eigenvalue weighted by Crippen LogP contribution is -2.14. The number of aliphatic hydroxyl groups is 1. The molecule has 0 fully saturated rings. The van der Waals surface area contributed by atoms with Gasteiger partial charge >= 0.3 is 5.97 Å². The zero-order chi connectivity index (χ0) is 11.7. The maximum Gasteiger partial charge on any atom is 0.335 e. The summed E-state index contributed by atoms with van der Waals surface area (Å²) in [7, 11) is 1.25. The highest BCUT2D eigenvalue weighted by Gasteiger charge is 2.10. The van der Waals surface area contributed by atoms with Crippen LogP contribution in [0.3, 0.4) is 0 Å². The third kappa shape index (κ3) is 8.50. The highest BCUT2D eigenvalue weighted by atomic mass is 16.5. The monoisotopic (exact) mass is 197 g/mol. The smallest absolute Gasteiger partial charge is 0.335 e. The van der Waals surface area contributed by atoms with E-state index in [2.05, 4.69) is 17.9 Å². The number of allylic oxidation sites excluding steroid dienone is 1. The Morgan fingerprint density at radius 3 is 2.00 bits per heavy atom. The minimum Gasteiger partial charge on any atom is -0.466 e. The molecular formula is C10H15NO3. The molecule has 78 valence electrons. The van der Waals surface area contributed by atoms with Crippen molar-refractivity contribution in [1.29, 1.82) is 5.26 Å². The predicted molar refractivity (Wildman–Crippen MR) is 53.3 cm³/mol. The molecule has 0 radical (unpaired) electrons. The molecule has 0 spiro atoms. The SMILES string of the molecule is C=C(C(=O)OC)C(C)O.C=C(C)C#N. The molecule has 4 heteroatoms. The number of methoxy groups -OCH3 is 1. The molecule has 0 rings (SSSR count). The molecule has 0 aromatic rings. The van der Waals surface area contributed by atoms with Gasteiger partial charge in [0.05, 0.1) is 24.9 Å². The van der Waals surface area contributed by atoms with Gasteiger partial charge in [0, 0.05) is 5.57 Å². The average Bonchev–Trinajstić information content (AvgIpc) is 2.16. The summed E-state index contributed by atoms with van der Waals surface area (Å²) in [5.74, 6) is -0.565. The van der Waals surface area contributed by atoms with Crippen molar-refractivity contribution >= 4 is 5.97 Å². The Hall–Kier alpha value is -1.60. The van der Waals surface area contributed by atoms with Crippen molar-refractivity contribution in [3.05, 3.63) is 24.3 Å². The van der Waals surface area contributed by atoms with E-state index in [4.69, 9.17) is 10.4 Å². The maximum atomic E-state index is 10.5. The van der Waals surface area contributed by atoms with Crippen molar-refractivity contribution in [2.75, 3.05) is 7.11 Å². The van der Waals surface area contributed by atoms with Gasteiger partial charge in [0.25, 0.3) is 0 Å². The fraction of sp³-hybridized carbons (Fsp3) is 0.400. The Balaban J connectivity index is 0. The van der Waals surface area contributed by atoms with Crippen LogP contribution in [0.15, 0.2) is 24.3 Å². The molecule has 1 atom stereocenters. The number of nitrogens with zero attached hydrogens (tertiary/aromatic N) is 1. The standard InChI is InChI=1S/C6H10O3.C4H5N/c1-4(5(2)7)6(8)9-3;1-4(2)3-5/h5,7H,1H2,2-3H3;1H2,2H3.